The highest BCUT2D eigenvalue weighted by molar-refractivity contribution is 7.92. The third kappa shape index (κ3) is 5.00. The van der Waals surface area contributed by atoms with Gasteiger partial charge >= 0.3 is 0 Å². The fourth-order valence-electron chi connectivity index (χ4n) is 2.77. The van der Waals surface area contributed by atoms with Crippen molar-refractivity contribution in [2.75, 3.05) is 17.1 Å². The molecular formula is C21H16N4O6S. The van der Waals surface area contributed by atoms with Crippen molar-refractivity contribution in [2.24, 2.45) is 0 Å². The molecule has 1 amide bonds. The van der Waals surface area contributed by atoms with E-state index in [1.54, 1.807) is 18.2 Å². The molecule has 0 spiro atoms. The van der Waals surface area contributed by atoms with Crippen LogP contribution in [0.4, 0.5) is 17.1 Å². The van der Waals surface area contributed by atoms with E-state index < -0.39 is 20.9 Å². The largest absolute Gasteiger partial charge is 0.495 e. The number of nitriles is 1. The number of non-ortho nitro benzene ring substituents is 1. The Kier molecular flexibility index (Phi) is 6.37. The molecule has 10 nitrogen and oxygen atoms in total. The van der Waals surface area contributed by atoms with Crippen LogP contribution in [0.2, 0.25) is 0 Å². The Morgan fingerprint density at radius 3 is 2.53 bits per heavy atom. The second-order valence-electron chi connectivity index (χ2n) is 6.42. The third-order valence-electron chi connectivity index (χ3n) is 4.29. The van der Waals surface area contributed by atoms with Gasteiger partial charge in [-0.15, -0.1) is 0 Å². The number of amides is 1. The summed E-state index contributed by atoms with van der Waals surface area (Å²) in [5.74, 6) is -0.490. The van der Waals surface area contributed by atoms with Crippen LogP contribution >= 0.6 is 0 Å². The summed E-state index contributed by atoms with van der Waals surface area (Å²) in [6.07, 6.45) is 0. The van der Waals surface area contributed by atoms with Gasteiger partial charge in [-0.3, -0.25) is 19.6 Å². The molecule has 3 aromatic rings. The number of nitro groups is 1. The van der Waals surface area contributed by atoms with Crippen LogP contribution in [0.15, 0.2) is 71.6 Å². The second kappa shape index (κ2) is 9.15. The Balaban J connectivity index is 1.88. The molecule has 162 valence electrons. The van der Waals surface area contributed by atoms with Crippen molar-refractivity contribution in [1.82, 2.24) is 0 Å². The number of carbonyl (C=O) groups is 1. The summed E-state index contributed by atoms with van der Waals surface area (Å²) in [5.41, 5.74) is 0.346. The number of hydrogen-bond acceptors (Lipinski definition) is 7. The zero-order valence-corrected chi connectivity index (χ0v) is 17.4. The standard InChI is InChI=1S/C21H16N4O6S/c1-31-20-9-8-17(25(27)28)12-19(20)24-32(29,30)18-7-3-5-15(11-18)21(26)23-16-6-2-4-14(10-16)13-22/h2-12,24H,1H3,(H,23,26). The van der Waals surface area contributed by atoms with Crippen molar-refractivity contribution < 1.29 is 22.9 Å². The van der Waals surface area contributed by atoms with Crippen molar-refractivity contribution >= 4 is 33.0 Å². The molecule has 0 heterocycles. The Morgan fingerprint density at radius 1 is 1.09 bits per heavy atom. The molecule has 0 saturated heterocycles. The third-order valence-corrected chi connectivity index (χ3v) is 5.66. The minimum Gasteiger partial charge on any atom is -0.495 e. The molecule has 0 atom stereocenters. The van der Waals surface area contributed by atoms with Crippen LogP contribution in [0.25, 0.3) is 0 Å². The van der Waals surface area contributed by atoms with Gasteiger partial charge in [0.1, 0.15) is 5.75 Å². The number of ether oxygens (including phenoxy) is 1. The lowest BCUT2D eigenvalue weighted by Gasteiger charge is -2.12. The highest BCUT2D eigenvalue weighted by Crippen LogP contribution is 2.31. The molecule has 0 aliphatic rings. The van der Waals surface area contributed by atoms with Crippen molar-refractivity contribution in [2.45, 2.75) is 4.90 Å². The molecule has 3 rings (SSSR count). The highest BCUT2D eigenvalue weighted by atomic mass is 32.2. The number of carbonyl (C=O) groups excluding carboxylic acids is 1. The summed E-state index contributed by atoms with van der Waals surface area (Å²) in [4.78, 5) is 22.7. The summed E-state index contributed by atoms with van der Waals surface area (Å²) < 4.78 is 33.1. The van der Waals surface area contributed by atoms with E-state index >= 15 is 0 Å². The fourth-order valence-corrected chi connectivity index (χ4v) is 3.87. The Hall–Kier alpha value is -4.43. The van der Waals surface area contributed by atoms with Gasteiger partial charge in [-0.05, 0) is 42.5 Å². The number of rotatable bonds is 7. The van der Waals surface area contributed by atoms with Gasteiger partial charge in [-0.2, -0.15) is 5.26 Å². The first-order chi connectivity index (χ1) is 15.2. The minimum atomic E-state index is -4.20. The number of sulfonamides is 1. The summed E-state index contributed by atoms with van der Waals surface area (Å²) >= 11 is 0. The van der Waals surface area contributed by atoms with Crippen LogP contribution in [0.3, 0.4) is 0 Å². The molecule has 0 fully saturated rings. The molecule has 0 unspecified atom stereocenters. The van der Waals surface area contributed by atoms with E-state index in [1.165, 1.54) is 43.5 Å². The molecule has 0 aromatic heterocycles. The van der Waals surface area contributed by atoms with E-state index in [0.29, 0.717) is 11.3 Å². The van der Waals surface area contributed by atoms with E-state index in [-0.39, 0.29) is 27.6 Å². The quantitative estimate of drug-likeness (QED) is 0.411. The van der Waals surface area contributed by atoms with E-state index in [4.69, 9.17) is 10.00 Å². The molecule has 0 radical (unpaired) electrons. The summed E-state index contributed by atoms with van der Waals surface area (Å²) in [5, 5.41) is 22.6. The van der Waals surface area contributed by atoms with Gasteiger partial charge in [-0.25, -0.2) is 8.42 Å². The van der Waals surface area contributed by atoms with Gasteiger partial charge in [0.25, 0.3) is 21.6 Å². The van der Waals surface area contributed by atoms with Gasteiger partial charge in [0.2, 0.25) is 0 Å². The van der Waals surface area contributed by atoms with Crippen LogP contribution < -0.4 is 14.8 Å². The predicted octanol–water partition coefficient (Wildman–Crippen LogP) is 3.53. The topological polar surface area (TPSA) is 151 Å². The van der Waals surface area contributed by atoms with Gasteiger partial charge in [-0.1, -0.05) is 12.1 Å². The Bertz CT molecular complexity index is 1350. The lowest BCUT2D eigenvalue weighted by atomic mass is 10.2. The number of hydrogen-bond donors (Lipinski definition) is 2. The molecule has 0 saturated carbocycles. The number of nitrogens with zero attached hydrogens (tertiary/aromatic N) is 2. The van der Waals surface area contributed by atoms with Gasteiger partial charge in [0.05, 0.1) is 34.2 Å². The average Bonchev–Trinajstić information content (AvgIpc) is 2.79. The molecular weight excluding hydrogens is 436 g/mol. The summed E-state index contributed by atoms with van der Waals surface area (Å²) in [7, 11) is -2.91. The fraction of sp³-hybridized carbons (Fsp3) is 0.0476. The van der Waals surface area contributed by atoms with Gasteiger partial charge in [0, 0.05) is 23.4 Å². The molecule has 11 heteroatoms. The smallest absolute Gasteiger partial charge is 0.271 e. The second-order valence-corrected chi connectivity index (χ2v) is 8.10. The lowest BCUT2D eigenvalue weighted by Crippen LogP contribution is -2.16. The lowest BCUT2D eigenvalue weighted by molar-refractivity contribution is -0.384. The molecule has 0 aliphatic heterocycles. The number of nitrogens with one attached hydrogen (secondary N) is 2. The number of anilines is 2. The van der Waals surface area contributed by atoms with E-state index in [9.17, 15) is 23.3 Å². The predicted molar refractivity (Wildman–Crippen MR) is 116 cm³/mol. The zero-order valence-electron chi connectivity index (χ0n) is 16.6. The van der Waals surface area contributed by atoms with Crippen molar-refractivity contribution in [1.29, 1.82) is 5.26 Å². The Labute approximate surface area is 183 Å². The van der Waals surface area contributed by atoms with Crippen LogP contribution in [0, 0.1) is 21.4 Å². The Morgan fingerprint density at radius 2 is 1.84 bits per heavy atom. The highest BCUT2D eigenvalue weighted by Gasteiger charge is 2.20. The van der Waals surface area contributed by atoms with Crippen LogP contribution in [0.5, 0.6) is 5.75 Å². The van der Waals surface area contributed by atoms with Crippen molar-refractivity contribution in [3.05, 3.63) is 88.0 Å². The monoisotopic (exact) mass is 452 g/mol. The molecule has 0 aliphatic carbocycles. The van der Waals surface area contributed by atoms with Crippen molar-refractivity contribution in [3.8, 4) is 11.8 Å². The van der Waals surface area contributed by atoms with Crippen LogP contribution in [-0.4, -0.2) is 26.4 Å². The maximum atomic E-state index is 12.9. The molecule has 2 N–H and O–H groups in total. The first-order valence-electron chi connectivity index (χ1n) is 9.00. The zero-order chi connectivity index (χ0) is 23.3. The maximum Gasteiger partial charge on any atom is 0.271 e. The van der Waals surface area contributed by atoms with E-state index in [0.717, 1.165) is 12.1 Å². The summed E-state index contributed by atoms with van der Waals surface area (Å²) in [6, 6.07) is 17.0. The van der Waals surface area contributed by atoms with E-state index in [1.807, 2.05) is 6.07 Å². The summed E-state index contributed by atoms with van der Waals surface area (Å²) in [6.45, 7) is 0. The SMILES string of the molecule is COc1ccc([N+](=O)[O-])cc1NS(=O)(=O)c1cccc(C(=O)Nc2cccc(C#N)c2)c1. The number of benzene rings is 3. The minimum absolute atomic E-state index is 0.0567. The normalized spacial score (nSPS) is 10.6. The van der Waals surface area contributed by atoms with Gasteiger partial charge in [0.15, 0.2) is 0 Å². The van der Waals surface area contributed by atoms with E-state index in [2.05, 4.69) is 10.0 Å². The van der Waals surface area contributed by atoms with Gasteiger partial charge < -0.3 is 10.1 Å². The molecule has 0 bridgehead atoms. The number of methoxy groups -OCH3 is 1. The first-order valence-corrected chi connectivity index (χ1v) is 10.5. The molecule has 32 heavy (non-hydrogen) atoms. The first kappa shape index (κ1) is 22.3. The average molecular weight is 452 g/mol. The van der Waals surface area contributed by atoms with Crippen molar-refractivity contribution in [3.63, 3.8) is 0 Å². The molecule has 3 aromatic carbocycles. The number of nitro benzene ring substituents is 1. The van der Waals surface area contributed by atoms with Crippen LogP contribution in [-0.2, 0) is 10.0 Å². The maximum absolute atomic E-state index is 12.9. The van der Waals surface area contributed by atoms with Crippen LogP contribution in [0.1, 0.15) is 15.9 Å².